The standard InChI is InChI=1S/C33H33NO7/c1-38-28-16-27(17-29(18-28)39-2)32(35)41-20-22-7-11-25(12-8-22)30-13-14-34(33(36)37)19-31(30)40-21-23-9-10-24-5-3-4-6-26(24)15-23/h3-12,15-18,30-31H,13-14,19-21H2,1-2H3,(H,36,37). The maximum absolute atomic E-state index is 12.7. The number of nitrogens with zero attached hydrogens (tertiary/aromatic N) is 1. The molecule has 0 spiro atoms. The molecule has 2 unspecified atom stereocenters. The minimum absolute atomic E-state index is 0.0342. The van der Waals surface area contributed by atoms with Crippen molar-refractivity contribution < 1.29 is 33.6 Å². The van der Waals surface area contributed by atoms with Crippen LogP contribution in [-0.4, -0.2) is 55.5 Å². The van der Waals surface area contributed by atoms with Gasteiger partial charge in [-0.1, -0.05) is 60.7 Å². The van der Waals surface area contributed by atoms with Gasteiger partial charge in [0.05, 0.1) is 39.0 Å². The van der Waals surface area contributed by atoms with Crippen molar-refractivity contribution in [2.24, 2.45) is 0 Å². The molecule has 5 rings (SSSR count). The first-order valence-corrected chi connectivity index (χ1v) is 13.5. The minimum atomic E-state index is -0.937. The van der Waals surface area contributed by atoms with Gasteiger partial charge in [0.15, 0.2) is 0 Å². The van der Waals surface area contributed by atoms with E-state index >= 15 is 0 Å². The monoisotopic (exact) mass is 555 g/mol. The molecule has 1 amide bonds. The molecule has 8 heteroatoms. The van der Waals surface area contributed by atoms with Gasteiger partial charge in [0, 0.05) is 18.5 Å². The molecule has 0 aliphatic carbocycles. The van der Waals surface area contributed by atoms with Crippen molar-refractivity contribution in [1.29, 1.82) is 0 Å². The summed E-state index contributed by atoms with van der Waals surface area (Å²) in [6.45, 7) is 1.25. The number of carbonyl (C=O) groups excluding carboxylic acids is 1. The summed E-state index contributed by atoms with van der Waals surface area (Å²) >= 11 is 0. The fraction of sp³-hybridized carbons (Fsp3) is 0.273. The third-order valence-corrected chi connectivity index (χ3v) is 7.47. The molecule has 1 aliphatic rings. The van der Waals surface area contributed by atoms with Crippen molar-refractivity contribution in [3.63, 3.8) is 0 Å². The highest BCUT2D eigenvalue weighted by Crippen LogP contribution is 2.32. The molecule has 1 fully saturated rings. The molecule has 212 valence electrons. The number of rotatable bonds is 9. The van der Waals surface area contributed by atoms with Crippen molar-refractivity contribution >= 4 is 22.8 Å². The van der Waals surface area contributed by atoms with E-state index in [1.807, 2.05) is 42.5 Å². The molecule has 1 saturated heterocycles. The van der Waals surface area contributed by atoms with E-state index in [0.717, 1.165) is 27.5 Å². The molecule has 1 aliphatic heterocycles. The molecule has 0 bridgehead atoms. The molecule has 41 heavy (non-hydrogen) atoms. The van der Waals surface area contributed by atoms with Crippen LogP contribution < -0.4 is 9.47 Å². The highest BCUT2D eigenvalue weighted by molar-refractivity contribution is 5.90. The molecular formula is C33H33NO7. The number of ether oxygens (including phenoxy) is 4. The van der Waals surface area contributed by atoms with Gasteiger partial charge in [0.2, 0.25) is 0 Å². The van der Waals surface area contributed by atoms with Crippen molar-refractivity contribution in [2.45, 2.75) is 31.7 Å². The van der Waals surface area contributed by atoms with Crippen LogP contribution >= 0.6 is 0 Å². The van der Waals surface area contributed by atoms with Crippen LogP contribution in [-0.2, 0) is 22.7 Å². The van der Waals surface area contributed by atoms with Crippen LogP contribution in [0.25, 0.3) is 10.8 Å². The van der Waals surface area contributed by atoms with E-state index in [4.69, 9.17) is 18.9 Å². The lowest BCUT2D eigenvalue weighted by molar-refractivity contribution is -0.0199. The Balaban J connectivity index is 1.25. The average molecular weight is 556 g/mol. The Bertz CT molecular complexity index is 1500. The van der Waals surface area contributed by atoms with Gasteiger partial charge in [-0.05, 0) is 52.1 Å². The zero-order chi connectivity index (χ0) is 28.8. The Labute approximate surface area is 239 Å². The van der Waals surface area contributed by atoms with Gasteiger partial charge in [-0.2, -0.15) is 0 Å². The van der Waals surface area contributed by atoms with E-state index in [2.05, 4.69) is 24.3 Å². The summed E-state index contributed by atoms with van der Waals surface area (Å²) in [6, 6.07) is 27.2. The summed E-state index contributed by atoms with van der Waals surface area (Å²) in [7, 11) is 3.05. The molecule has 0 saturated carbocycles. The van der Waals surface area contributed by atoms with Crippen molar-refractivity contribution in [2.75, 3.05) is 27.3 Å². The summed E-state index contributed by atoms with van der Waals surface area (Å²) in [5.74, 6) is 0.570. The molecule has 4 aromatic rings. The molecule has 0 aromatic heterocycles. The van der Waals surface area contributed by atoms with E-state index < -0.39 is 12.1 Å². The van der Waals surface area contributed by atoms with Crippen LogP contribution in [0.2, 0.25) is 0 Å². The number of fused-ring (bicyclic) bond motifs is 1. The lowest BCUT2D eigenvalue weighted by Gasteiger charge is -2.37. The van der Waals surface area contributed by atoms with Gasteiger partial charge in [0.1, 0.15) is 18.1 Å². The van der Waals surface area contributed by atoms with Crippen LogP contribution in [0, 0.1) is 0 Å². The quantitative estimate of drug-likeness (QED) is 0.243. The fourth-order valence-electron chi connectivity index (χ4n) is 5.19. The number of hydrogen-bond donors (Lipinski definition) is 1. The highest BCUT2D eigenvalue weighted by atomic mass is 16.5. The second kappa shape index (κ2) is 12.7. The van der Waals surface area contributed by atoms with Gasteiger partial charge < -0.3 is 29.0 Å². The second-order valence-electron chi connectivity index (χ2n) is 10.1. The number of carboxylic acid groups (broad SMARTS) is 1. The van der Waals surface area contributed by atoms with E-state index in [1.165, 1.54) is 19.1 Å². The fourth-order valence-corrected chi connectivity index (χ4v) is 5.19. The van der Waals surface area contributed by atoms with Crippen LogP contribution in [0.4, 0.5) is 4.79 Å². The third kappa shape index (κ3) is 6.78. The van der Waals surface area contributed by atoms with Crippen molar-refractivity contribution in [3.05, 3.63) is 107 Å². The van der Waals surface area contributed by atoms with E-state index in [0.29, 0.717) is 43.2 Å². The normalized spacial score (nSPS) is 16.8. The Morgan fingerprint density at radius 1 is 0.829 bits per heavy atom. The molecule has 4 aromatic carbocycles. The number of likely N-dealkylation sites (tertiary alicyclic amines) is 1. The largest absolute Gasteiger partial charge is 0.497 e. The van der Waals surface area contributed by atoms with E-state index in [9.17, 15) is 14.7 Å². The molecule has 1 N–H and O–H groups in total. The topological polar surface area (TPSA) is 94.5 Å². The maximum atomic E-state index is 12.7. The van der Waals surface area contributed by atoms with Crippen molar-refractivity contribution in [1.82, 2.24) is 4.90 Å². The predicted octanol–water partition coefficient (Wildman–Crippen LogP) is 6.27. The number of carbonyl (C=O) groups is 2. The average Bonchev–Trinajstić information content (AvgIpc) is 3.02. The Morgan fingerprint density at radius 3 is 2.20 bits per heavy atom. The van der Waals surface area contributed by atoms with Crippen molar-refractivity contribution in [3.8, 4) is 11.5 Å². The summed E-state index contributed by atoms with van der Waals surface area (Å²) in [4.78, 5) is 25.8. The van der Waals surface area contributed by atoms with Crippen LogP contribution in [0.1, 0.15) is 39.4 Å². The zero-order valence-corrected chi connectivity index (χ0v) is 23.1. The summed E-state index contributed by atoms with van der Waals surface area (Å²) < 4.78 is 22.4. The molecule has 1 heterocycles. The van der Waals surface area contributed by atoms with E-state index in [1.54, 1.807) is 18.2 Å². The molecule has 2 atom stereocenters. The van der Waals surface area contributed by atoms with Gasteiger partial charge in [-0.3, -0.25) is 0 Å². The number of piperidine rings is 1. The summed E-state index contributed by atoms with van der Waals surface area (Å²) in [5, 5.41) is 11.9. The number of methoxy groups -OCH3 is 2. The molecular weight excluding hydrogens is 522 g/mol. The van der Waals surface area contributed by atoms with Gasteiger partial charge in [0.25, 0.3) is 0 Å². The van der Waals surface area contributed by atoms with Gasteiger partial charge in [-0.15, -0.1) is 0 Å². The summed E-state index contributed by atoms with van der Waals surface area (Å²) in [5.41, 5.74) is 3.29. The van der Waals surface area contributed by atoms with Crippen LogP contribution in [0.15, 0.2) is 84.9 Å². The molecule has 0 radical (unpaired) electrons. The highest BCUT2D eigenvalue weighted by Gasteiger charge is 2.33. The lowest BCUT2D eigenvalue weighted by Crippen LogP contribution is -2.46. The first kappa shape index (κ1) is 28.0. The SMILES string of the molecule is COc1cc(OC)cc(C(=O)OCc2ccc(C3CCN(C(=O)O)CC3OCc3ccc4ccccc4c3)cc2)c1. The molecule has 8 nitrogen and oxygen atoms in total. The predicted molar refractivity (Wildman–Crippen MR) is 155 cm³/mol. The second-order valence-corrected chi connectivity index (χ2v) is 10.1. The smallest absolute Gasteiger partial charge is 0.407 e. The first-order valence-electron chi connectivity index (χ1n) is 13.5. The maximum Gasteiger partial charge on any atom is 0.407 e. The Kier molecular flexibility index (Phi) is 8.70. The number of benzene rings is 4. The Hall–Kier alpha value is -4.56. The Morgan fingerprint density at radius 2 is 1.51 bits per heavy atom. The number of esters is 1. The number of amides is 1. The van der Waals surface area contributed by atoms with Crippen LogP contribution in [0.5, 0.6) is 11.5 Å². The summed E-state index contributed by atoms with van der Waals surface area (Å²) in [6.07, 6.45) is -0.577. The zero-order valence-electron chi connectivity index (χ0n) is 23.1. The van der Waals surface area contributed by atoms with E-state index in [-0.39, 0.29) is 18.6 Å². The van der Waals surface area contributed by atoms with Crippen LogP contribution in [0.3, 0.4) is 0 Å². The lowest BCUT2D eigenvalue weighted by atomic mass is 9.86. The minimum Gasteiger partial charge on any atom is -0.497 e. The van der Waals surface area contributed by atoms with Gasteiger partial charge >= 0.3 is 12.1 Å². The number of hydrogen-bond acceptors (Lipinski definition) is 6. The van der Waals surface area contributed by atoms with Gasteiger partial charge in [-0.25, -0.2) is 9.59 Å². The first-order chi connectivity index (χ1) is 19.9. The third-order valence-electron chi connectivity index (χ3n) is 7.47.